The highest BCUT2D eigenvalue weighted by atomic mass is 16.6. The predicted molar refractivity (Wildman–Crippen MR) is 85.5 cm³/mol. The Morgan fingerprint density at radius 2 is 2.23 bits per heavy atom. The zero-order valence-corrected chi connectivity index (χ0v) is 13.6. The summed E-state index contributed by atoms with van der Waals surface area (Å²) in [4.78, 5) is 25.7. The highest BCUT2D eigenvalue weighted by molar-refractivity contribution is 5.80. The number of ether oxygens (including phenoxy) is 1. The maximum atomic E-state index is 12.3. The molecule has 5 nitrogen and oxygen atoms in total. The van der Waals surface area contributed by atoms with E-state index in [1.54, 1.807) is 11.8 Å². The Morgan fingerprint density at radius 3 is 2.95 bits per heavy atom. The molecule has 0 bridgehead atoms. The number of carbonyl (C=O) groups is 2. The van der Waals surface area contributed by atoms with E-state index >= 15 is 0 Å². The van der Waals surface area contributed by atoms with Crippen LogP contribution in [0, 0.1) is 5.92 Å². The van der Waals surface area contributed by atoms with Crippen LogP contribution in [0.4, 0.5) is 4.79 Å². The van der Waals surface area contributed by atoms with Gasteiger partial charge in [-0.05, 0) is 51.9 Å². The van der Waals surface area contributed by atoms with E-state index in [9.17, 15) is 9.59 Å². The lowest BCUT2D eigenvalue weighted by atomic mass is 9.96. The molecule has 0 aromatic heterocycles. The third-order valence-electron chi connectivity index (χ3n) is 4.45. The molecule has 2 rings (SSSR count). The number of carbonyl (C=O) groups excluding carboxylic acids is 2. The van der Waals surface area contributed by atoms with Crippen LogP contribution >= 0.6 is 0 Å². The molecule has 0 saturated carbocycles. The van der Waals surface area contributed by atoms with E-state index in [-0.39, 0.29) is 17.9 Å². The van der Waals surface area contributed by atoms with Crippen molar-refractivity contribution in [3.63, 3.8) is 0 Å². The van der Waals surface area contributed by atoms with Gasteiger partial charge in [0.05, 0.1) is 12.5 Å². The molecule has 0 spiro atoms. The van der Waals surface area contributed by atoms with Crippen LogP contribution in [-0.2, 0) is 9.53 Å². The Labute approximate surface area is 133 Å². The molecule has 1 fully saturated rings. The summed E-state index contributed by atoms with van der Waals surface area (Å²) in [5.74, 6) is -0.0242. The Bertz CT molecular complexity index is 420. The molecule has 22 heavy (non-hydrogen) atoms. The number of likely N-dealkylation sites (tertiary alicyclic amines) is 1. The van der Waals surface area contributed by atoms with Crippen LogP contribution in [0.15, 0.2) is 11.6 Å². The lowest BCUT2D eigenvalue weighted by molar-refractivity contribution is -0.126. The number of amides is 2. The molecule has 1 heterocycles. The standard InChI is InChI=1S/C17H28N2O3/c1-2-22-17(21)19-12-6-9-15(13-19)16(20)18-11-10-14-7-4-3-5-8-14/h7,15H,2-6,8-13H2,1H3,(H,18,20). The summed E-state index contributed by atoms with van der Waals surface area (Å²) in [7, 11) is 0. The van der Waals surface area contributed by atoms with Crippen molar-refractivity contribution in [3.05, 3.63) is 11.6 Å². The number of hydrogen-bond acceptors (Lipinski definition) is 3. The first-order valence-corrected chi connectivity index (χ1v) is 8.58. The fourth-order valence-corrected chi connectivity index (χ4v) is 3.19. The number of rotatable bonds is 5. The minimum atomic E-state index is -0.299. The molecule has 0 aromatic rings. The Hall–Kier alpha value is -1.52. The second-order valence-electron chi connectivity index (χ2n) is 6.13. The molecule has 2 aliphatic rings. The monoisotopic (exact) mass is 308 g/mol. The van der Waals surface area contributed by atoms with Gasteiger partial charge in [-0.1, -0.05) is 11.6 Å². The minimum Gasteiger partial charge on any atom is -0.450 e. The predicted octanol–water partition coefficient (Wildman–Crippen LogP) is 2.86. The molecular formula is C17H28N2O3. The first kappa shape index (κ1) is 16.8. The van der Waals surface area contributed by atoms with Crippen LogP contribution in [0.25, 0.3) is 0 Å². The van der Waals surface area contributed by atoms with E-state index in [0.717, 1.165) is 19.3 Å². The highest BCUT2D eigenvalue weighted by Crippen LogP contribution is 2.20. The van der Waals surface area contributed by atoms with Crippen molar-refractivity contribution < 1.29 is 14.3 Å². The quantitative estimate of drug-likeness (QED) is 0.795. The van der Waals surface area contributed by atoms with Gasteiger partial charge >= 0.3 is 6.09 Å². The summed E-state index contributed by atoms with van der Waals surface area (Å²) in [5, 5.41) is 3.03. The van der Waals surface area contributed by atoms with Crippen molar-refractivity contribution in [2.45, 2.75) is 51.9 Å². The van der Waals surface area contributed by atoms with Crippen LogP contribution in [0.1, 0.15) is 51.9 Å². The van der Waals surface area contributed by atoms with Gasteiger partial charge in [0.2, 0.25) is 5.91 Å². The zero-order valence-electron chi connectivity index (χ0n) is 13.6. The molecule has 124 valence electrons. The zero-order chi connectivity index (χ0) is 15.8. The molecule has 1 aliphatic heterocycles. The summed E-state index contributed by atoms with van der Waals surface area (Å²) in [6.45, 7) is 4.05. The van der Waals surface area contributed by atoms with Crippen LogP contribution in [0.5, 0.6) is 0 Å². The van der Waals surface area contributed by atoms with Gasteiger partial charge < -0.3 is 15.0 Å². The fraction of sp³-hybridized carbons (Fsp3) is 0.765. The van der Waals surface area contributed by atoms with Gasteiger partial charge in [0.1, 0.15) is 0 Å². The van der Waals surface area contributed by atoms with Crippen molar-refractivity contribution in [1.82, 2.24) is 10.2 Å². The van der Waals surface area contributed by atoms with E-state index in [1.165, 1.54) is 31.3 Å². The molecular weight excluding hydrogens is 280 g/mol. The van der Waals surface area contributed by atoms with Gasteiger partial charge in [-0.25, -0.2) is 4.79 Å². The van der Waals surface area contributed by atoms with E-state index in [2.05, 4.69) is 11.4 Å². The minimum absolute atomic E-state index is 0.0745. The number of nitrogens with zero attached hydrogens (tertiary/aromatic N) is 1. The summed E-state index contributed by atoms with van der Waals surface area (Å²) < 4.78 is 5.02. The largest absolute Gasteiger partial charge is 0.450 e. The summed E-state index contributed by atoms with van der Waals surface area (Å²) in [6, 6.07) is 0. The highest BCUT2D eigenvalue weighted by Gasteiger charge is 2.28. The molecule has 1 N–H and O–H groups in total. The average Bonchev–Trinajstić information content (AvgIpc) is 2.56. The van der Waals surface area contributed by atoms with Crippen molar-refractivity contribution in [2.24, 2.45) is 5.92 Å². The van der Waals surface area contributed by atoms with Crippen LogP contribution in [0.2, 0.25) is 0 Å². The molecule has 1 saturated heterocycles. The molecule has 1 atom stereocenters. The topological polar surface area (TPSA) is 58.6 Å². The van der Waals surface area contributed by atoms with Gasteiger partial charge in [-0.2, -0.15) is 0 Å². The number of nitrogens with one attached hydrogen (secondary N) is 1. The second-order valence-corrected chi connectivity index (χ2v) is 6.13. The SMILES string of the molecule is CCOC(=O)N1CCCC(C(=O)NCCC2=CCCCC2)C1. The maximum absolute atomic E-state index is 12.3. The number of piperidine rings is 1. The smallest absolute Gasteiger partial charge is 0.409 e. The molecule has 1 aliphatic carbocycles. The van der Waals surface area contributed by atoms with Gasteiger partial charge in [0.15, 0.2) is 0 Å². The third kappa shape index (κ3) is 5.04. The molecule has 0 aromatic carbocycles. The first-order chi connectivity index (χ1) is 10.7. The molecule has 5 heteroatoms. The lowest BCUT2D eigenvalue weighted by Crippen LogP contribution is -2.45. The summed E-state index contributed by atoms with van der Waals surface area (Å²) >= 11 is 0. The van der Waals surface area contributed by atoms with E-state index in [0.29, 0.717) is 26.2 Å². The van der Waals surface area contributed by atoms with Crippen molar-refractivity contribution in [3.8, 4) is 0 Å². The summed E-state index contributed by atoms with van der Waals surface area (Å²) in [6.07, 6.45) is 9.62. The van der Waals surface area contributed by atoms with Gasteiger partial charge in [0, 0.05) is 19.6 Å². The van der Waals surface area contributed by atoms with Crippen molar-refractivity contribution >= 4 is 12.0 Å². The van der Waals surface area contributed by atoms with Gasteiger partial charge in [-0.15, -0.1) is 0 Å². The summed E-state index contributed by atoms with van der Waals surface area (Å²) in [5.41, 5.74) is 1.48. The first-order valence-electron chi connectivity index (χ1n) is 8.58. The van der Waals surface area contributed by atoms with E-state index < -0.39 is 0 Å². The van der Waals surface area contributed by atoms with E-state index in [4.69, 9.17) is 4.74 Å². The second kappa shape index (κ2) is 8.81. The lowest BCUT2D eigenvalue weighted by Gasteiger charge is -2.31. The normalized spacial score (nSPS) is 22.0. The Kier molecular flexibility index (Phi) is 6.74. The van der Waals surface area contributed by atoms with Crippen molar-refractivity contribution in [1.29, 1.82) is 0 Å². The molecule has 1 unspecified atom stereocenters. The number of allylic oxidation sites excluding steroid dienone is 1. The van der Waals surface area contributed by atoms with Gasteiger partial charge in [-0.3, -0.25) is 4.79 Å². The van der Waals surface area contributed by atoms with Crippen LogP contribution in [-0.4, -0.2) is 43.1 Å². The van der Waals surface area contributed by atoms with Gasteiger partial charge in [0.25, 0.3) is 0 Å². The number of hydrogen-bond donors (Lipinski definition) is 1. The van der Waals surface area contributed by atoms with Crippen molar-refractivity contribution in [2.75, 3.05) is 26.2 Å². The fourth-order valence-electron chi connectivity index (χ4n) is 3.19. The van der Waals surface area contributed by atoms with Crippen LogP contribution in [0.3, 0.4) is 0 Å². The average molecular weight is 308 g/mol. The maximum Gasteiger partial charge on any atom is 0.409 e. The molecule has 0 radical (unpaired) electrons. The van der Waals surface area contributed by atoms with Crippen LogP contribution < -0.4 is 5.32 Å². The van der Waals surface area contributed by atoms with E-state index in [1.807, 2.05) is 0 Å². The molecule has 2 amide bonds. The Balaban J connectivity index is 1.72. The Morgan fingerprint density at radius 1 is 1.36 bits per heavy atom. The third-order valence-corrected chi connectivity index (χ3v) is 4.45.